The van der Waals surface area contributed by atoms with E-state index in [0.717, 1.165) is 14.7 Å². The molecule has 2 rings (SSSR count). The molecule has 0 aromatic heterocycles. The number of hydrogen-bond donors (Lipinski definition) is 5. The van der Waals surface area contributed by atoms with Gasteiger partial charge in [0.25, 0.3) is 0 Å². The average molecular weight is 1250 g/mol. The van der Waals surface area contributed by atoms with Crippen LogP contribution in [0.3, 0.4) is 0 Å². The SMILES string of the molecule is CC[C@@H]1NC(=O)[C@@H]2[C@H](O)[C@H](C)CCOC(=O)COC[C@@H](NC(=O)[C@H](C)NC(=O)[C@H](CC(C)C)N(C)C(=O)[C@H](C(C)C)NC(=O)[C@H](CC(C)C)N(C)C(=O)CN(C)C1=O)C(=O)N(C)[C@@H](CC(C)C)C(=O)N(C)[C@@H](CC(C)C)C(=O)N(C)[C@@H](C(C)C)C(=O)N2C. The standard InChI is InChI=1S/C62H109N11O15/c1-23-41-57(81)67(16)30-47(74)68(17)43(26-33(2)3)55(79)66-49(37(10)11)61(85)69(18)44(27-34(4)5)54(78)63-40(15)53(77)65-42-31-87-32-48(75)88-25-24-39(14)52(76)51(56(80)64-41)73(22)62(86)50(38(12)13)72(21)60(84)46(29-36(8)9)71(20)59(83)45(28-35(6)7)70(19)58(42)82/h33-46,49-52,76H,23-32H2,1-22H3,(H,63,78)(H,64,80)(H,65,77)(H,66,79)/t39-,40+,41+,42-,43+,44+,45+,46+,49+,50+,51+,52-/m1/s1. The summed E-state index contributed by atoms with van der Waals surface area (Å²) in [6, 6.07) is -13.5. The summed E-state index contributed by atoms with van der Waals surface area (Å²) in [5.41, 5.74) is 0. The van der Waals surface area contributed by atoms with Gasteiger partial charge < -0.3 is 70.1 Å². The fraction of sp³-hybridized carbons (Fsp3) is 0.806. The van der Waals surface area contributed by atoms with Crippen LogP contribution < -0.4 is 21.3 Å². The minimum Gasteiger partial charge on any atom is -0.464 e. The van der Waals surface area contributed by atoms with E-state index in [4.69, 9.17) is 9.47 Å². The van der Waals surface area contributed by atoms with Gasteiger partial charge in [-0.05, 0) is 86.9 Å². The van der Waals surface area contributed by atoms with Crippen molar-refractivity contribution in [3.8, 4) is 0 Å². The Hall–Kier alpha value is -6.44. The highest BCUT2D eigenvalue weighted by Crippen LogP contribution is 2.26. The van der Waals surface area contributed by atoms with Gasteiger partial charge in [-0.15, -0.1) is 0 Å². The van der Waals surface area contributed by atoms with Gasteiger partial charge in [0.2, 0.25) is 65.0 Å². The van der Waals surface area contributed by atoms with E-state index < -0.39 is 175 Å². The molecular weight excluding hydrogens is 1140 g/mol. The van der Waals surface area contributed by atoms with Crippen molar-refractivity contribution in [2.75, 3.05) is 75.7 Å². The minimum absolute atomic E-state index is 0.0341. The van der Waals surface area contributed by atoms with Gasteiger partial charge in [0.05, 0.1) is 25.9 Å². The lowest BCUT2D eigenvalue weighted by Gasteiger charge is -2.41. The fourth-order valence-corrected chi connectivity index (χ4v) is 11.0. The largest absolute Gasteiger partial charge is 0.464 e. The molecule has 2 bridgehead atoms. The Morgan fingerprint density at radius 3 is 1.45 bits per heavy atom. The molecule has 2 aliphatic heterocycles. The number of hydrogen-bond acceptors (Lipinski definition) is 15. The molecule has 0 saturated carbocycles. The van der Waals surface area contributed by atoms with E-state index >= 15 is 14.4 Å². The molecule has 2 fully saturated rings. The van der Waals surface area contributed by atoms with Crippen LogP contribution in [0.1, 0.15) is 142 Å². The fourth-order valence-electron chi connectivity index (χ4n) is 11.0. The molecule has 5 N–H and O–H groups in total. The van der Waals surface area contributed by atoms with Crippen molar-refractivity contribution in [3.63, 3.8) is 0 Å². The van der Waals surface area contributed by atoms with Crippen molar-refractivity contribution >= 4 is 70.9 Å². The first kappa shape index (κ1) is 77.7. The molecule has 26 heteroatoms. The van der Waals surface area contributed by atoms with Gasteiger partial charge in [0.1, 0.15) is 67.0 Å². The second-order valence-corrected chi connectivity index (χ2v) is 26.6. The van der Waals surface area contributed by atoms with Crippen molar-refractivity contribution in [2.45, 2.75) is 209 Å². The molecule has 88 heavy (non-hydrogen) atoms. The number of rotatable bonds is 11. The molecule has 12 atom stereocenters. The van der Waals surface area contributed by atoms with E-state index in [2.05, 4.69) is 21.3 Å². The van der Waals surface area contributed by atoms with Crippen LogP contribution in [-0.4, -0.2) is 253 Å². The number of ether oxygens (including phenoxy) is 2. The van der Waals surface area contributed by atoms with Crippen LogP contribution in [0, 0.1) is 41.4 Å². The minimum atomic E-state index is -1.75. The molecule has 2 heterocycles. The van der Waals surface area contributed by atoms with Gasteiger partial charge in [0, 0.05) is 49.3 Å². The van der Waals surface area contributed by atoms with E-state index in [1.807, 2.05) is 55.4 Å². The molecule has 0 radical (unpaired) electrons. The number of likely N-dealkylation sites (N-methyl/N-ethyl adjacent to an activating group) is 7. The molecule has 0 spiro atoms. The predicted octanol–water partition coefficient (Wildman–Crippen LogP) is 1.25. The number of carbonyl (C=O) groups is 12. The second kappa shape index (κ2) is 35.1. The summed E-state index contributed by atoms with van der Waals surface area (Å²) in [4.78, 5) is 183. The molecule has 502 valence electrons. The maximum Gasteiger partial charge on any atom is 0.332 e. The Morgan fingerprint density at radius 2 is 0.966 bits per heavy atom. The van der Waals surface area contributed by atoms with Crippen molar-refractivity contribution < 1.29 is 72.1 Å². The van der Waals surface area contributed by atoms with Crippen LogP contribution in [-0.2, 0) is 67.0 Å². The van der Waals surface area contributed by atoms with Gasteiger partial charge in [-0.2, -0.15) is 0 Å². The van der Waals surface area contributed by atoms with Gasteiger partial charge in [-0.25, -0.2) is 4.79 Å². The van der Waals surface area contributed by atoms with Gasteiger partial charge in [-0.1, -0.05) is 96.9 Å². The Morgan fingerprint density at radius 1 is 0.500 bits per heavy atom. The zero-order valence-corrected chi connectivity index (χ0v) is 56.8. The van der Waals surface area contributed by atoms with E-state index in [1.165, 1.54) is 75.9 Å². The van der Waals surface area contributed by atoms with Crippen LogP contribution in [0.15, 0.2) is 0 Å². The first-order valence-electron chi connectivity index (χ1n) is 31.2. The topological polar surface area (TPSA) is 314 Å². The quantitative estimate of drug-likeness (QED) is 0.182. The zero-order chi connectivity index (χ0) is 67.7. The van der Waals surface area contributed by atoms with Crippen molar-refractivity contribution in [2.24, 2.45) is 41.4 Å². The van der Waals surface area contributed by atoms with E-state index in [-0.39, 0.29) is 68.8 Å². The van der Waals surface area contributed by atoms with Gasteiger partial charge >= 0.3 is 5.97 Å². The Bertz CT molecular complexity index is 2440. The number of nitrogens with zero attached hydrogens (tertiary/aromatic N) is 7. The first-order chi connectivity index (χ1) is 40.7. The van der Waals surface area contributed by atoms with Crippen LogP contribution in [0.2, 0.25) is 0 Å². The third kappa shape index (κ3) is 21.4. The number of aliphatic hydroxyl groups is 1. The van der Waals surface area contributed by atoms with E-state index in [1.54, 1.807) is 41.5 Å². The number of carbonyl (C=O) groups excluding carboxylic acids is 12. The van der Waals surface area contributed by atoms with E-state index in [9.17, 15) is 48.3 Å². The third-order valence-corrected chi connectivity index (χ3v) is 16.6. The summed E-state index contributed by atoms with van der Waals surface area (Å²) in [7, 11) is 9.61. The van der Waals surface area contributed by atoms with Crippen LogP contribution in [0.4, 0.5) is 0 Å². The summed E-state index contributed by atoms with van der Waals surface area (Å²) in [5, 5.41) is 23.1. The molecular formula is C62H109N11O15. The maximum absolute atomic E-state index is 15.2. The Labute approximate surface area is 522 Å². The van der Waals surface area contributed by atoms with Crippen LogP contribution in [0.5, 0.6) is 0 Å². The molecule has 2 saturated heterocycles. The summed E-state index contributed by atoms with van der Waals surface area (Å²) in [5.74, 6) is -12.1. The highest BCUT2D eigenvalue weighted by molar-refractivity contribution is 5.99. The lowest BCUT2D eigenvalue weighted by Crippen LogP contribution is -2.63. The normalized spacial score (nSPS) is 28.6. The van der Waals surface area contributed by atoms with Gasteiger partial charge in [0.15, 0.2) is 0 Å². The average Bonchev–Trinajstić information content (AvgIpc) is 3.46. The molecule has 0 aromatic rings. The Balaban J connectivity index is 3.16. The third-order valence-electron chi connectivity index (χ3n) is 16.6. The molecule has 26 nitrogen and oxygen atoms in total. The number of fused-ring (bicyclic) bond motifs is 10. The Kier molecular flexibility index (Phi) is 31.0. The summed E-state index contributed by atoms with van der Waals surface area (Å²) in [6.07, 6.45) is -1.45. The second-order valence-electron chi connectivity index (χ2n) is 26.6. The number of amides is 11. The van der Waals surface area contributed by atoms with Crippen LogP contribution in [0.25, 0.3) is 0 Å². The van der Waals surface area contributed by atoms with Gasteiger partial charge in [-0.3, -0.25) is 52.7 Å². The zero-order valence-electron chi connectivity index (χ0n) is 56.8. The van der Waals surface area contributed by atoms with E-state index in [0.29, 0.717) is 0 Å². The maximum atomic E-state index is 15.2. The molecule has 0 aliphatic carbocycles. The predicted molar refractivity (Wildman–Crippen MR) is 330 cm³/mol. The highest BCUT2D eigenvalue weighted by atomic mass is 16.6. The van der Waals surface area contributed by atoms with Crippen LogP contribution >= 0.6 is 0 Å². The number of aliphatic hydroxyl groups excluding tert-OH is 1. The monoisotopic (exact) mass is 1250 g/mol. The lowest BCUT2D eigenvalue weighted by molar-refractivity contribution is -0.158. The highest BCUT2D eigenvalue weighted by Gasteiger charge is 2.46. The van der Waals surface area contributed by atoms with Crippen molar-refractivity contribution in [1.29, 1.82) is 0 Å². The van der Waals surface area contributed by atoms with Crippen molar-refractivity contribution in [1.82, 2.24) is 55.6 Å². The smallest absolute Gasteiger partial charge is 0.332 e. The lowest BCUT2D eigenvalue weighted by atomic mass is 9.91. The summed E-state index contributed by atoms with van der Waals surface area (Å²) < 4.78 is 11.3. The molecule has 11 amide bonds. The number of esters is 1. The first-order valence-corrected chi connectivity index (χ1v) is 31.2. The summed E-state index contributed by atoms with van der Waals surface area (Å²) >= 11 is 0. The molecule has 0 aromatic carbocycles. The molecule has 0 unspecified atom stereocenters. The molecule has 2 aliphatic rings. The summed E-state index contributed by atoms with van der Waals surface area (Å²) in [6.45, 7) is 23.7. The number of nitrogens with one attached hydrogen (secondary N) is 4. The van der Waals surface area contributed by atoms with Crippen molar-refractivity contribution in [3.05, 3.63) is 0 Å².